The highest BCUT2D eigenvalue weighted by Gasteiger charge is 2.14. The summed E-state index contributed by atoms with van der Waals surface area (Å²) in [4.78, 5) is 37.7. The van der Waals surface area contributed by atoms with E-state index < -0.39 is 0 Å². The molecule has 85 heavy (non-hydrogen) atoms. The number of nitrogens with one attached hydrogen (secondary N) is 4. The first-order valence-corrected chi connectivity index (χ1v) is 27.0. The van der Waals surface area contributed by atoms with Crippen LogP contribution in [0.25, 0.3) is 72.6 Å². The van der Waals surface area contributed by atoms with Crippen LogP contribution in [0.1, 0.15) is 17.2 Å². The molecule has 0 aliphatic heterocycles. The van der Waals surface area contributed by atoms with E-state index in [0.717, 1.165) is 84.4 Å². The number of benzene rings is 5. The molecule has 21 nitrogen and oxygen atoms in total. The van der Waals surface area contributed by atoms with Crippen molar-refractivity contribution in [3.63, 3.8) is 0 Å². The maximum absolute atomic E-state index is 6.15. The number of methoxy groups -OCH3 is 1. The molecular formula is C64H51N19O2. The van der Waals surface area contributed by atoms with Gasteiger partial charge in [-0.2, -0.15) is 19.7 Å². The summed E-state index contributed by atoms with van der Waals surface area (Å²) < 4.78 is 17.1. The molecule has 0 unspecified atom stereocenters. The molecule has 0 atom stereocenters. The number of para-hydroxylation sites is 1. The average molecular weight is 1120 g/mol. The highest BCUT2D eigenvalue weighted by Crippen LogP contribution is 2.29. The summed E-state index contributed by atoms with van der Waals surface area (Å²) in [5.74, 6) is 4.14. The Labute approximate surface area is 485 Å². The van der Waals surface area contributed by atoms with Crippen LogP contribution >= 0.6 is 0 Å². The molecule has 0 spiro atoms. The lowest BCUT2D eigenvalue weighted by molar-refractivity contribution is 0.304. The summed E-state index contributed by atoms with van der Waals surface area (Å²) in [5, 5.41) is 28.6. The van der Waals surface area contributed by atoms with Crippen molar-refractivity contribution in [2.75, 3.05) is 23.1 Å². The van der Waals surface area contributed by atoms with Crippen molar-refractivity contribution in [3.05, 3.63) is 249 Å². The molecule has 15 aromatic rings. The molecule has 414 valence electrons. The number of hydrogen-bond donors (Lipinski definition) is 4. The Bertz CT molecular complexity index is 4710. The third-order valence-electron chi connectivity index (χ3n) is 13.6. The number of aromatic nitrogens is 16. The minimum Gasteiger partial charge on any atom is -0.497 e. The van der Waals surface area contributed by atoms with Gasteiger partial charge in [0.05, 0.1) is 67.2 Å². The summed E-state index contributed by atoms with van der Waals surface area (Å²) in [7, 11) is 1.65. The van der Waals surface area contributed by atoms with E-state index >= 15 is 0 Å². The molecule has 21 heteroatoms. The van der Waals surface area contributed by atoms with Gasteiger partial charge in [-0.3, -0.25) is 9.38 Å². The third kappa shape index (κ3) is 11.9. The van der Waals surface area contributed by atoms with Crippen LogP contribution in [-0.2, 0) is 19.7 Å². The molecule has 0 saturated heterocycles. The van der Waals surface area contributed by atoms with Crippen LogP contribution in [0.2, 0.25) is 0 Å². The van der Waals surface area contributed by atoms with Gasteiger partial charge in [0.2, 0.25) is 5.95 Å². The maximum Gasteiger partial charge on any atom is 0.229 e. The zero-order valence-electron chi connectivity index (χ0n) is 45.6. The fraction of sp³-hybridized carbons (Fsp3) is 0.0625. The number of rotatable bonds is 15. The fourth-order valence-corrected chi connectivity index (χ4v) is 9.37. The summed E-state index contributed by atoms with van der Waals surface area (Å²) in [6, 6.07) is 61.6. The quantitative estimate of drug-likeness (QED) is 0.0746. The van der Waals surface area contributed by atoms with Gasteiger partial charge in [-0.25, -0.2) is 34.4 Å². The van der Waals surface area contributed by atoms with Gasteiger partial charge in [0.1, 0.15) is 41.4 Å². The number of aromatic amines is 1. The molecule has 0 saturated carbocycles. The van der Waals surface area contributed by atoms with Gasteiger partial charge in [-0.05, 0) is 83.9 Å². The number of hydrogen-bond acceptors (Lipinski definition) is 17. The van der Waals surface area contributed by atoms with E-state index in [4.69, 9.17) is 19.7 Å². The fourth-order valence-electron chi connectivity index (χ4n) is 9.37. The predicted molar refractivity (Wildman–Crippen MR) is 326 cm³/mol. The van der Waals surface area contributed by atoms with Crippen molar-refractivity contribution in [2.45, 2.75) is 19.7 Å². The van der Waals surface area contributed by atoms with Crippen molar-refractivity contribution in [1.82, 2.24) is 78.7 Å². The number of pyridine rings is 2. The largest absolute Gasteiger partial charge is 0.497 e. The second-order valence-corrected chi connectivity index (χ2v) is 19.1. The van der Waals surface area contributed by atoms with E-state index in [1.165, 1.54) is 11.9 Å². The SMILES string of the molecule is COc1ccc2c(OCc3cnc4ccc(-c5ccccc5)cn34)ccnc2c1.c1ccc(-c2ccc3ncc(CNc4ncnc5nc[nH]c45)n3n2)cc1.c1ccc(Nc2nccc(NCc3nnc4ccc(-c5ccccc5)nn34)n2)cc1. The lowest BCUT2D eigenvalue weighted by Crippen LogP contribution is -2.08. The van der Waals surface area contributed by atoms with Gasteiger partial charge in [0.15, 0.2) is 28.6 Å². The molecule has 0 fully saturated rings. The van der Waals surface area contributed by atoms with Gasteiger partial charge in [-0.15, -0.1) is 10.2 Å². The molecule has 0 aliphatic carbocycles. The van der Waals surface area contributed by atoms with Gasteiger partial charge in [0, 0.05) is 46.9 Å². The average Bonchev–Trinajstić information content (AvgIpc) is 4.59. The molecule has 10 heterocycles. The van der Waals surface area contributed by atoms with Crippen molar-refractivity contribution >= 4 is 62.3 Å². The second-order valence-electron chi connectivity index (χ2n) is 19.1. The number of anilines is 4. The Morgan fingerprint density at radius 3 is 2.01 bits per heavy atom. The topological polar surface area (TPSA) is 238 Å². The summed E-state index contributed by atoms with van der Waals surface area (Å²) in [5.41, 5.74) is 13.7. The van der Waals surface area contributed by atoms with Gasteiger partial charge < -0.3 is 30.4 Å². The summed E-state index contributed by atoms with van der Waals surface area (Å²) >= 11 is 0. The normalized spacial score (nSPS) is 11.0. The van der Waals surface area contributed by atoms with Gasteiger partial charge in [0.25, 0.3) is 0 Å². The standard InChI is InChI=1S/C24H19N3O2.C22H18N8.C18H14N8/c1-28-20-8-9-21-22(13-20)25-12-11-23(21)29-16-19-14-26-24-10-7-18(15-27(19)24)17-5-3-2-4-6-17;1-3-7-16(8-4-1)18-11-12-20-27-28-21(30(20)29-18)15-24-19-13-14-23-22(26-19)25-17-9-5-2-6-10-17;1-2-4-12(5-3-1)14-6-7-15-19-8-13(26(15)25-14)9-20-17-16-18(22-10-21-16)24-11-23-17/h2-15H,16H2,1H3;1-14H,15H2,(H2,23,24,25,26);1-8,10-11H,9H2,(H2,20,21,22,23,24). The number of imidazole rings is 3. The zero-order chi connectivity index (χ0) is 57.2. The van der Waals surface area contributed by atoms with Crippen molar-refractivity contribution in [3.8, 4) is 45.1 Å². The lowest BCUT2D eigenvalue weighted by atomic mass is 10.1. The van der Waals surface area contributed by atoms with Crippen LogP contribution in [0.15, 0.2) is 232 Å². The summed E-state index contributed by atoms with van der Waals surface area (Å²) in [6.45, 7) is 1.36. The monoisotopic (exact) mass is 1120 g/mol. The first kappa shape index (κ1) is 52.4. The molecule has 0 bridgehead atoms. The van der Waals surface area contributed by atoms with E-state index in [0.29, 0.717) is 54.4 Å². The molecule has 4 N–H and O–H groups in total. The van der Waals surface area contributed by atoms with Crippen LogP contribution in [0.4, 0.5) is 23.3 Å². The first-order chi connectivity index (χ1) is 42.0. The van der Waals surface area contributed by atoms with Crippen molar-refractivity contribution in [1.29, 1.82) is 0 Å². The molecule has 10 aromatic heterocycles. The lowest BCUT2D eigenvalue weighted by Gasteiger charge is -2.10. The van der Waals surface area contributed by atoms with Gasteiger partial charge >= 0.3 is 0 Å². The Hall–Kier alpha value is -12.0. The molecule has 0 amide bonds. The third-order valence-corrected chi connectivity index (χ3v) is 13.6. The van der Waals surface area contributed by atoms with E-state index in [-0.39, 0.29) is 0 Å². The molecular weight excluding hydrogens is 1070 g/mol. The van der Waals surface area contributed by atoms with E-state index in [2.05, 4.69) is 99.8 Å². The number of ether oxygens (including phenoxy) is 2. The Morgan fingerprint density at radius 1 is 0.541 bits per heavy atom. The van der Waals surface area contributed by atoms with Crippen molar-refractivity contribution in [2.24, 2.45) is 0 Å². The zero-order valence-corrected chi connectivity index (χ0v) is 45.6. The molecule has 15 rings (SSSR count). The van der Waals surface area contributed by atoms with E-state index in [9.17, 15) is 0 Å². The van der Waals surface area contributed by atoms with Crippen LogP contribution < -0.4 is 25.4 Å². The van der Waals surface area contributed by atoms with Crippen LogP contribution in [0, 0.1) is 0 Å². The second kappa shape index (κ2) is 24.4. The summed E-state index contributed by atoms with van der Waals surface area (Å²) in [6.07, 6.45) is 12.3. The highest BCUT2D eigenvalue weighted by atomic mass is 16.5. The van der Waals surface area contributed by atoms with Crippen LogP contribution in [0.5, 0.6) is 11.5 Å². The first-order valence-electron chi connectivity index (χ1n) is 27.0. The maximum atomic E-state index is 6.15. The van der Waals surface area contributed by atoms with E-state index in [1.807, 2.05) is 187 Å². The van der Waals surface area contributed by atoms with E-state index in [1.54, 1.807) is 30.3 Å². The molecule has 0 aliphatic rings. The van der Waals surface area contributed by atoms with Crippen LogP contribution in [0.3, 0.4) is 0 Å². The smallest absolute Gasteiger partial charge is 0.229 e. The van der Waals surface area contributed by atoms with Crippen molar-refractivity contribution < 1.29 is 9.47 Å². The Kier molecular flexibility index (Phi) is 15.0. The minimum absolute atomic E-state index is 0.407. The number of H-pyrrole nitrogens is 1. The highest BCUT2D eigenvalue weighted by molar-refractivity contribution is 5.86. The van der Waals surface area contributed by atoms with Gasteiger partial charge in [-0.1, -0.05) is 109 Å². The molecule has 0 radical (unpaired) electrons. The Balaban J connectivity index is 0.000000119. The number of fused-ring (bicyclic) bond motifs is 5. The number of nitrogens with zero attached hydrogens (tertiary/aromatic N) is 15. The minimum atomic E-state index is 0.407. The molecule has 5 aromatic carbocycles. The van der Waals surface area contributed by atoms with Crippen LogP contribution in [-0.4, -0.2) is 85.8 Å². The Morgan fingerprint density at radius 2 is 1.24 bits per heavy atom. The predicted octanol–water partition coefficient (Wildman–Crippen LogP) is 11.7.